The molecule has 3 nitrogen and oxygen atoms in total. The van der Waals surface area contributed by atoms with Crippen LogP contribution in [0.25, 0.3) is 0 Å². The molecular formula is C15H15N3. The Morgan fingerprint density at radius 1 is 1.22 bits per heavy atom. The van der Waals surface area contributed by atoms with Gasteiger partial charge in [-0.15, -0.1) is 0 Å². The van der Waals surface area contributed by atoms with Crippen molar-refractivity contribution < 1.29 is 0 Å². The third kappa shape index (κ3) is 2.86. The fraction of sp³-hybridized carbons (Fsp3) is 0.200. The van der Waals surface area contributed by atoms with E-state index in [-0.39, 0.29) is 0 Å². The van der Waals surface area contributed by atoms with E-state index in [1.54, 1.807) is 6.07 Å². The van der Waals surface area contributed by atoms with Crippen molar-refractivity contribution in [2.75, 3.05) is 11.9 Å². The van der Waals surface area contributed by atoms with E-state index in [9.17, 15) is 0 Å². The van der Waals surface area contributed by atoms with Crippen LogP contribution < -0.4 is 4.90 Å². The molecule has 2 rings (SSSR count). The predicted octanol–water partition coefficient (Wildman–Crippen LogP) is 2.90. The molecule has 90 valence electrons. The van der Waals surface area contributed by atoms with Crippen LogP contribution in [-0.2, 0) is 6.54 Å². The number of hydrogen-bond acceptors (Lipinski definition) is 3. The molecule has 0 atom stereocenters. The summed E-state index contributed by atoms with van der Waals surface area (Å²) in [7, 11) is 1.98. The topological polar surface area (TPSA) is 39.9 Å². The van der Waals surface area contributed by atoms with Gasteiger partial charge in [0.2, 0.25) is 0 Å². The lowest BCUT2D eigenvalue weighted by molar-refractivity contribution is 0.894. The Balaban J connectivity index is 2.17. The number of nitrogens with zero attached hydrogens (tertiary/aromatic N) is 3. The van der Waals surface area contributed by atoms with Crippen molar-refractivity contribution in [1.29, 1.82) is 5.26 Å². The lowest BCUT2D eigenvalue weighted by Crippen LogP contribution is -2.17. The van der Waals surface area contributed by atoms with Crippen molar-refractivity contribution in [2.45, 2.75) is 13.5 Å². The number of benzene rings is 1. The Morgan fingerprint density at radius 2 is 2.00 bits per heavy atom. The molecule has 0 fully saturated rings. The Labute approximate surface area is 107 Å². The van der Waals surface area contributed by atoms with Crippen LogP contribution in [0.5, 0.6) is 0 Å². The minimum Gasteiger partial charge on any atom is -0.355 e. The Kier molecular flexibility index (Phi) is 3.59. The molecule has 0 radical (unpaired) electrons. The van der Waals surface area contributed by atoms with E-state index in [1.807, 2.05) is 24.1 Å². The molecule has 1 heterocycles. The summed E-state index contributed by atoms with van der Waals surface area (Å²) in [5.41, 5.74) is 2.94. The normalized spacial score (nSPS) is 9.83. The van der Waals surface area contributed by atoms with Gasteiger partial charge in [0.1, 0.15) is 17.6 Å². The molecule has 0 spiro atoms. The highest BCUT2D eigenvalue weighted by atomic mass is 15.2. The fourth-order valence-electron chi connectivity index (χ4n) is 1.86. The molecule has 2 aromatic rings. The molecule has 0 saturated heterocycles. The third-order valence-electron chi connectivity index (χ3n) is 2.74. The largest absolute Gasteiger partial charge is 0.355 e. The average Bonchev–Trinajstić information content (AvgIpc) is 2.39. The number of anilines is 1. The van der Waals surface area contributed by atoms with Crippen LogP contribution in [-0.4, -0.2) is 12.0 Å². The smallest absolute Gasteiger partial charge is 0.142 e. The molecule has 18 heavy (non-hydrogen) atoms. The SMILES string of the molecule is Cc1cccc(CN(C)c2cccc(C#N)n2)c1. The maximum absolute atomic E-state index is 8.84. The quantitative estimate of drug-likeness (QED) is 0.824. The number of hydrogen-bond donors (Lipinski definition) is 0. The van der Waals surface area contributed by atoms with E-state index in [1.165, 1.54) is 11.1 Å². The highest BCUT2D eigenvalue weighted by molar-refractivity contribution is 5.41. The summed E-state index contributed by atoms with van der Waals surface area (Å²) in [5, 5.41) is 8.84. The van der Waals surface area contributed by atoms with Gasteiger partial charge in [-0.3, -0.25) is 0 Å². The maximum Gasteiger partial charge on any atom is 0.142 e. The molecule has 1 aromatic heterocycles. The molecular weight excluding hydrogens is 222 g/mol. The van der Waals surface area contributed by atoms with E-state index in [2.05, 4.69) is 42.2 Å². The van der Waals surface area contributed by atoms with Crippen LogP contribution in [0.4, 0.5) is 5.82 Å². The Morgan fingerprint density at radius 3 is 2.72 bits per heavy atom. The first-order chi connectivity index (χ1) is 8.69. The maximum atomic E-state index is 8.84. The molecule has 3 heteroatoms. The van der Waals surface area contributed by atoms with Crippen LogP contribution in [0.1, 0.15) is 16.8 Å². The van der Waals surface area contributed by atoms with E-state index in [4.69, 9.17) is 5.26 Å². The van der Waals surface area contributed by atoms with Crippen LogP contribution in [0.2, 0.25) is 0 Å². The zero-order valence-corrected chi connectivity index (χ0v) is 10.6. The van der Waals surface area contributed by atoms with Gasteiger partial charge in [-0.2, -0.15) is 5.26 Å². The van der Waals surface area contributed by atoms with Crippen LogP contribution >= 0.6 is 0 Å². The minimum atomic E-state index is 0.448. The predicted molar refractivity (Wildman–Crippen MR) is 72.2 cm³/mol. The molecule has 0 aliphatic rings. The second kappa shape index (κ2) is 5.33. The summed E-state index contributed by atoms with van der Waals surface area (Å²) >= 11 is 0. The van der Waals surface area contributed by atoms with Gasteiger partial charge in [0.25, 0.3) is 0 Å². The first-order valence-corrected chi connectivity index (χ1v) is 5.83. The number of rotatable bonds is 3. The van der Waals surface area contributed by atoms with Gasteiger partial charge >= 0.3 is 0 Å². The summed E-state index contributed by atoms with van der Waals surface area (Å²) in [6.45, 7) is 2.86. The van der Waals surface area contributed by atoms with Crippen molar-refractivity contribution in [1.82, 2.24) is 4.98 Å². The summed E-state index contributed by atoms with van der Waals surface area (Å²) in [4.78, 5) is 6.31. The zero-order chi connectivity index (χ0) is 13.0. The minimum absolute atomic E-state index is 0.448. The summed E-state index contributed by atoms with van der Waals surface area (Å²) < 4.78 is 0. The first-order valence-electron chi connectivity index (χ1n) is 5.83. The van der Waals surface area contributed by atoms with Gasteiger partial charge in [-0.1, -0.05) is 35.9 Å². The zero-order valence-electron chi connectivity index (χ0n) is 10.6. The molecule has 0 unspecified atom stereocenters. The van der Waals surface area contributed by atoms with Gasteiger partial charge in [-0.25, -0.2) is 4.98 Å². The second-order valence-electron chi connectivity index (χ2n) is 4.34. The molecule has 1 aromatic carbocycles. The van der Waals surface area contributed by atoms with E-state index < -0.39 is 0 Å². The highest BCUT2D eigenvalue weighted by Gasteiger charge is 2.04. The van der Waals surface area contributed by atoms with Gasteiger partial charge in [-0.05, 0) is 24.6 Å². The molecule has 0 saturated carbocycles. The molecule has 0 aliphatic carbocycles. The number of nitriles is 1. The lowest BCUT2D eigenvalue weighted by atomic mass is 10.1. The van der Waals surface area contributed by atoms with E-state index in [0.717, 1.165) is 12.4 Å². The van der Waals surface area contributed by atoms with Gasteiger partial charge in [0.15, 0.2) is 0 Å². The highest BCUT2D eigenvalue weighted by Crippen LogP contribution is 2.13. The first kappa shape index (κ1) is 12.1. The van der Waals surface area contributed by atoms with Crippen molar-refractivity contribution >= 4 is 5.82 Å². The van der Waals surface area contributed by atoms with E-state index in [0.29, 0.717) is 5.69 Å². The number of aromatic nitrogens is 1. The summed E-state index contributed by atoms with van der Waals surface area (Å²) in [6, 6.07) is 15.9. The van der Waals surface area contributed by atoms with Gasteiger partial charge in [0, 0.05) is 13.6 Å². The summed E-state index contributed by atoms with van der Waals surface area (Å²) in [5.74, 6) is 0.815. The van der Waals surface area contributed by atoms with Crippen molar-refractivity contribution in [3.05, 3.63) is 59.3 Å². The van der Waals surface area contributed by atoms with Crippen molar-refractivity contribution in [2.24, 2.45) is 0 Å². The summed E-state index contributed by atoms with van der Waals surface area (Å²) in [6.07, 6.45) is 0. The van der Waals surface area contributed by atoms with Crippen LogP contribution in [0.15, 0.2) is 42.5 Å². The Hall–Kier alpha value is -2.34. The molecule has 0 N–H and O–H groups in total. The van der Waals surface area contributed by atoms with Crippen LogP contribution in [0, 0.1) is 18.3 Å². The van der Waals surface area contributed by atoms with Gasteiger partial charge in [0.05, 0.1) is 0 Å². The molecule has 0 amide bonds. The molecule has 0 bridgehead atoms. The third-order valence-corrected chi connectivity index (χ3v) is 2.74. The average molecular weight is 237 g/mol. The lowest BCUT2D eigenvalue weighted by Gasteiger charge is -2.18. The second-order valence-corrected chi connectivity index (χ2v) is 4.34. The van der Waals surface area contributed by atoms with Crippen molar-refractivity contribution in [3.63, 3.8) is 0 Å². The van der Waals surface area contributed by atoms with E-state index >= 15 is 0 Å². The number of aryl methyl sites for hydroxylation is 1. The van der Waals surface area contributed by atoms with Crippen LogP contribution in [0.3, 0.4) is 0 Å². The number of pyridine rings is 1. The molecule has 0 aliphatic heterocycles. The standard InChI is InChI=1S/C15H15N3/c1-12-5-3-6-13(9-12)11-18(2)15-8-4-7-14(10-16)17-15/h3-9H,11H2,1-2H3. The monoisotopic (exact) mass is 237 g/mol. The van der Waals surface area contributed by atoms with Gasteiger partial charge < -0.3 is 4.90 Å². The van der Waals surface area contributed by atoms with Crippen molar-refractivity contribution in [3.8, 4) is 6.07 Å². The Bertz CT molecular complexity index is 584. The fourth-order valence-corrected chi connectivity index (χ4v) is 1.86.